The van der Waals surface area contributed by atoms with Crippen LogP contribution in [0.25, 0.3) is 0 Å². The van der Waals surface area contributed by atoms with Crippen LogP contribution in [-0.4, -0.2) is 88.6 Å². The van der Waals surface area contributed by atoms with Gasteiger partial charge in [0.05, 0.1) is 18.8 Å². The molecule has 0 aromatic heterocycles. The van der Waals surface area contributed by atoms with Crippen LogP contribution in [0.1, 0.15) is 13.3 Å². The Morgan fingerprint density at radius 3 is 2.19 bits per heavy atom. The summed E-state index contributed by atoms with van der Waals surface area (Å²) in [5, 5.41) is 32.4. The lowest BCUT2D eigenvalue weighted by molar-refractivity contribution is -0.142. The van der Waals surface area contributed by atoms with Crippen LogP contribution in [0.3, 0.4) is 0 Å². The maximum absolute atomic E-state index is 11.9. The van der Waals surface area contributed by atoms with Gasteiger partial charge < -0.3 is 37.4 Å². The topological polar surface area (TPSA) is 220 Å². The number of hydrogen-bond acceptors (Lipinski definition) is 8. The van der Waals surface area contributed by atoms with E-state index in [0.29, 0.717) is 0 Å². The molecule has 0 rings (SSSR count). The van der Waals surface area contributed by atoms with Gasteiger partial charge in [-0.15, -0.1) is 0 Å². The van der Waals surface area contributed by atoms with Crippen LogP contribution in [0, 0.1) is 0 Å². The van der Waals surface area contributed by atoms with Crippen molar-refractivity contribution in [3.8, 4) is 0 Å². The molecule has 26 heavy (non-hydrogen) atoms. The van der Waals surface area contributed by atoms with Gasteiger partial charge in [-0.3, -0.25) is 14.6 Å². The minimum atomic E-state index is -1.55. The van der Waals surface area contributed by atoms with Gasteiger partial charge in [0.2, 0.25) is 5.91 Å². The second kappa shape index (κ2) is 11.2. The van der Waals surface area contributed by atoms with Gasteiger partial charge in [0.15, 0.2) is 6.04 Å². The molecule has 0 bridgehead atoms. The number of likely N-dealkylation sites (N-methyl/N-ethyl adjacent to an activating group) is 1. The van der Waals surface area contributed by atoms with E-state index in [4.69, 9.17) is 21.7 Å². The Balaban J connectivity index is 4.79. The number of nitrogens with zero attached hydrogens (tertiary/aromatic N) is 1. The normalized spacial score (nSPS) is 15.3. The van der Waals surface area contributed by atoms with Crippen molar-refractivity contribution >= 4 is 23.8 Å². The van der Waals surface area contributed by atoms with Crippen molar-refractivity contribution in [2.45, 2.75) is 37.6 Å². The van der Waals surface area contributed by atoms with Crippen molar-refractivity contribution in [2.24, 2.45) is 11.5 Å². The number of hydrogen-bond donors (Lipinski definition) is 8. The molecular formula is C13H26N6O7. The number of primary amides is 1. The second-order valence-corrected chi connectivity index (χ2v) is 5.59. The standard InChI is InChI=1S/C13H26N6O7/c1-6(21)10(12(24)25)18-13(26)17-7(3-9(15)22)4-16-19(2)11(23)8(14)5-20/h6-8,10,16,20-21H,3-5,14H2,1-2H3,(H2,15,22)(H,24,25)(H2,17,18,26)/t6?,7-,8-,10-/m0/s1. The quantitative estimate of drug-likeness (QED) is 0.162. The molecule has 0 fully saturated rings. The SMILES string of the molecule is CC(O)[C@H](NC(=O)N[C@H](CNN(C)C(=O)[C@@H](N)CO)CC(N)=O)C(=O)O. The van der Waals surface area contributed by atoms with E-state index < -0.39 is 54.7 Å². The van der Waals surface area contributed by atoms with Crippen LogP contribution in [0.4, 0.5) is 4.79 Å². The third-order valence-corrected chi connectivity index (χ3v) is 3.24. The molecule has 1 unspecified atom stereocenters. The fourth-order valence-corrected chi connectivity index (χ4v) is 1.83. The molecule has 4 amide bonds. The molecule has 0 aromatic rings. The van der Waals surface area contributed by atoms with E-state index in [-0.39, 0.29) is 13.0 Å². The Morgan fingerprint density at radius 2 is 1.77 bits per heavy atom. The van der Waals surface area contributed by atoms with Gasteiger partial charge in [-0.1, -0.05) is 0 Å². The van der Waals surface area contributed by atoms with Gasteiger partial charge in [-0.2, -0.15) is 0 Å². The van der Waals surface area contributed by atoms with Crippen molar-refractivity contribution in [1.82, 2.24) is 21.1 Å². The number of aliphatic carboxylic acids is 1. The number of carbonyl (C=O) groups is 4. The predicted molar refractivity (Wildman–Crippen MR) is 88.2 cm³/mol. The zero-order valence-electron chi connectivity index (χ0n) is 14.5. The Kier molecular flexibility index (Phi) is 10.1. The Bertz CT molecular complexity index is 515. The molecule has 0 aromatic carbocycles. The summed E-state index contributed by atoms with van der Waals surface area (Å²) in [5.74, 6) is -2.82. The fourth-order valence-electron chi connectivity index (χ4n) is 1.83. The highest BCUT2D eigenvalue weighted by Crippen LogP contribution is 1.96. The first-order valence-electron chi connectivity index (χ1n) is 7.63. The number of aliphatic hydroxyl groups is 2. The van der Waals surface area contributed by atoms with Crippen LogP contribution >= 0.6 is 0 Å². The van der Waals surface area contributed by atoms with Gasteiger partial charge in [0, 0.05) is 20.0 Å². The number of nitrogens with two attached hydrogens (primary N) is 2. The summed E-state index contributed by atoms with van der Waals surface area (Å²) >= 11 is 0. The average Bonchev–Trinajstić information content (AvgIpc) is 2.54. The van der Waals surface area contributed by atoms with Crippen LogP contribution in [0.2, 0.25) is 0 Å². The number of carboxylic acids is 1. The summed E-state index contributed by atoms with van der Waals surface area (Å²) in [7, 11) is 1.33. The molecule has 0 aliphatic carbocycles. The van der Waals surface area contributed by atoms with E-state index >= 15 is 0 Å². The van der Waals surface area contributed by atoms with E-state index in [1.54, 1.807) is 0 Å². The van der Waals surface area contributed by atoms with E-state index in [1.165, 1.54) is 14.0 Å². The summed E-state index contributed by atoms with van der Waals surface area (Å²) < 4.78 is 0. The first-order chi connectivity index (χ1) is 12.0. The third-order valence-electron chi connectivity index (χ3n) is 3.24. The lowest BCUT2D eigenvalue weighted by Crippen LogP contribution is -2.57. The third kappa shape index (κ3) is 8.57. The molecule has 13 heteroatoms. The van der Waals surface area contributed by atoms with Crippen molar-refractivity contribution in [2.75, 3.05) is 20.2 Å². The average molecular weight is 378 g/mol. The monoisotopic (exact) mass is 378 g/mol. The van der Waals surface area contributed by atoms with Crippen molar-refractivity contribution < 1.29 is 34.5 Å². The molecule has 0 spiro atoms. The van der Waals surface area contributed by atoms with Crippen LogP contribution < -0.4 is 27.5 Å². The number of nitrogens with one attached hydrogen (secondary N) is 3. The number of amides is 4. The predicted octanol–water partition coefficient (Wildman–Crippen LogP) is -4.35. The lowest BCUT2D eigenvalue weighted by atomic mass is 10.2. The summed E-state index contributed by atoms with van der Waals surface area (Å²) in [4.78, 5) is 45.7. The maximum Gasteiger partial charge on any atom is 0.328 e. The highest BCUT2D eigenvalue weighted by atomic mass is 16.4. The van der Waals surface area contributed by atoms with Crippen LogP contribution in [0.15, 0.2) is 0 Å². The van der Waals surface area contributed by atoms with Gasteiger partial charge in [0.1, 0.15) is 6.04 Å². The molecule has 0 aliphatic rings. The second-order valence-electron chi connectivity index (χ2n) is 5.59. The van der Waals surface area contributed by atoms with Gasteiger partial charge in [0.25, 0.3) is 5.91 Å². The summed E-state index contributed by atoms with van der Waals surface area (Å²) in [5.41, 5.74) is 13.1. The molecule has 0 saturated heterocycles. The van der Waals surface area contributed by atoms with E-state index in [2.05, 4.69) is 10.7 Å². The number of urea groups is 1. The number of rotatable bonds is 11. The summed E-state index contributed by atoms with van der Waals surface area (Å²) in [6, 6.07) is -4.53. The van der Waals surface area contributed by atoms with E-state index in [9.17, 15) is 24.3 Å². The lowest BCUT2D eigenvalue weighted by Gasteiger charge is -2.25. The van der Waals surface area contributed by atoms with Crippen molar-refractivity contribution in [1.29, 1.82) is 0 Å². The van der Waals surface area contributed by atoms with Crippen LogP contribution in [0.5, 0.6) is 0 Å². The molecule has 10 N–H and O–H groups in total. The van der Waals surface area contributed by atoms with Gasteiger partial charge in [-0.25, -0.2) is 15.0 Å². The Labute approximate surface area is 149 Å². The van der Waals surface area contributed by atoms with Crippen molar-refractivity contribution in [3.63, 3.8) is 0 Å². The number of carbonyl (C=O) groups excluding carboxylic acids is 3. The van der Waals surface area contributed by atoms with Crippen LogP contribution in [-0.2, 0) is 14.4 Å². The van der Waals surface area contributed by atoms with E-state index in [0.717, 1.165) is 5.01 Å². The first kappa shape index (κ1) is 23.5. The Morgan fingerprint density at radius 1 is 1.19 bits per heavy atom. The van der Waals surface area contributed by atoms with Crippen molar-refractivity contribution in [3.05, 3.63) is 0 Å². The largest absolute Gasteiger partial charge is 0.480 e. The zero-order chi connectivity index (χ0) is 20.4. The van der Waals surface area contributed by atoms with Gasteiger partial charge >= 0.3 is 12.0 Å². The highest BCUT2D eigenvalue weighted by Gasteiger charge is 2.26. The summed E-state index contributed by atoms with van der Waals surface area (Å²) in [6.45, 7) is 0.502. The summed E-state index contributed by atoms with van der Waals surface area (Å²) in [6.07, 6.45) is -1.66. The molecule has 13 nitrogen and oxygen atoms in total. The maximum atomic E-state index is 11.9. The number of carboxylic acid groups (broad SMARTS) is 1. The molecule has 0 saturated carbocycles. The molecule has 0 aliphatic heterocycles. The molecule has 0 radical (unpaired) electrons. The Hall–Kier alpha value is -2.48. The van der Waals surface area contributed by atoms with Gasteiger partial charge in [-0.05, 0) is 6.92 Å². The minimum Gasteiger partial charge on any atom is -0.480 e. The fraction of sp³-hybridized carbons (Fsp3) is 0.692. The zero-order valence-corrected chi connectivity index (χ0v) is 14.5. The number of aliphatic hydroxyl groups excluding tert-OH is 2. The molecule has 4 atom stereocenters. The highest BCUT2D eigenvalue weighted by molar-refractivity contribution is 5.84. The minimum absolute atomic E-state index is 0.122. The molecular weight excluding hydrogens is 352 g/mol. The van der Waals surface area contributed by atoms with E-state index in [1.807, 2.05) is 5.32 Å². The first-order valence-corrected chi connectivity index (χ1v) is 7.63. The molecule has 0 heterocycles. The smallest absolute Gasteiger partial charge is 0.328 e. The number of hydrazine groups is 1. The molecule has 150 valence electrons.